The molecule has 1 aromatic rings. The number of amides is 1. The Labute approximate surface area is 151 Å². The lowest BCUT2D eigenvalue weighted by Gasteiger charge is -2.48. The molecule has 2 fully saturated rings. The zero-order chi connectivity index (χ0) is 17.2. The fourth-order valence-corrected chi connectivity index (χ4v) is 5.17. The van der Waals surface area contributed by atoms with Crippen LogP contribution in [0.15, 0.2) is 24.3 Å². The third-order valence-electron chi connectivity index (χ3n) is 6.47. The third kappa shape index (κ3) is 3.47. The molecule has 1 aromatic carbocycles. The number of ether oxygens (including phenoxy) is 1. The predicted molar refractivity (Wildman–Crippen MR) is 98.5 cm³/mol. The Hall–Kier alpha value is -1.39. The maximum absolute atomic E-state index is 12.4. The molecule has 4 nitrogen and oxygen atoms in total. The van der Waals surface area contributed by atoms with Crippen molar-refractivity contribution in [2.24, 2.45) is 5.92 Å². The van der Waals surface area contributed by atoms with Gasteiger partial charge in [-0.2, -0.15) is 0 Å². The van der Waals surface area contributed by atoms with E-state index in [-0.39, 0.29) is 0 Å². The van der Waals surface area contributed by atoms with Gasteiger partial charge in [0.2, 0.25) is 5.91 Å². The van der Waals surface area contributed by atoms with Gasteiger partial charge in [-0.25, -0.2) is 0 Å². The van der Waals surface area contributed by atoms with Gasteiger partial charge in [-0.05, 0) is 49.1 Å². The van der Waals surface area contributed by atoms with Gasteiger partial charge >= 0.3 is 0 Å². The lowest BCUT2D eigenvalue weighted by atomic mass is 9.82. The van der Waals surface area contributed by atoms with Gasteiger partial charge < -0.3 is 9.64 Å². The van der Waals surface area contributed by atoms with Crippen LogP contribution >= 0.6 is 0 Å². The minimum Gasteiger partial charge on any atom is -0.385 e. The molecule has 0 bridgehead atoms. The quantitative estimate of drug-likeness (QED) is 0.771. The third-order valence-corrected chi connectivity index (χ3v) is 6.47. The van der Waals surface area contributed by atoms with Gasteiger partial charge in [-0.3, -0.25) is 9.69 Å². The molecular weight excluding hydrogens is 312 g/mol. The second-order valence-corrected chi connectivity index (χ2v) is 7.91. The molecule has 0 spiro atoms. The highest BCUT2D eigenvalue weighted by molar-refractivity contribution is 5.77. The zero-order valence-corrected chi connectivity index (χ0v) is 15.3. The van der Waals surface area contributed by atoms with Crippen molar-refractivity contribution in [3.05, 3.63) is 35.4 Å². The standard InChI is InChI=1S/C21H30N2O2/c1-25-12-4-10-23-20-9-11-22(15-18(20)7-8-21(23)24)19-13-16-5-2-3-6-17(16)14-19/h2-3,5-6,18-20H,4,7-15H2,1H3/t18-,20+/m0/s1. The van der Waals surface area contributed by atoms with Crippen molar-refractivity contribution in [1.29, 1.82) is 0 Å². The normalized spacial score (nSPS) is 27.4. The summed E-state index contributed by atoms with van der Waals surface area (Å²) in [6.45, 7) is 3.90. The van der Waals surface area contributed by atoms with E-state index in [1.165, 1.54) is 24.0 Å². The number of hydrogen-bond acceptors (Lipinski definition) is 3. The number of methoxy groups -OCH3 is 1. The highest BCUT2D eigenvalue weighted by Gasteiger charge is 2.41. The summed E-state index contributed by atoms with van der Waals surface area (Å²) in [4.78, 5) is 17.3. The fraction of sp³-hybridized carbons (Fsp3) is 0.667. The summed E-state index contributed by atoms with van der Waals surface area (Å²) < 4.78 is 5.17. The molecule has 136 valence electrons. The number of hydrogen-bond donors (Lipinski definition) is 0. The Bertz CT molecular complexity index is 593. The monoisotopic (exact) mass is 342 g/mol. The van der Waals surface area contributed by atoms with Crippen LogP contribution in [-0.2, 0) is 22.4 Å². The van der Waals surface area contributed by atoms with E-state index in [9.17, 15) is 4.79 Å². The second-order valence-electron chi connectivity index (χ2n) is 7.91. The van der Waals surface area contributed by atoms with Gasteiger partial charge in [0.1, 0.15) is 0 Å². The SMILES string of the molecule is COCCCN1C(=O)CC[C@H]2CN(C3Cc4ccccc4C3)CC[C@H]21. The Morgan fingerprint density at radius 2 is 1.92 bits per heavy atom. The van der Waals surface area contributed by atoms with E-state index in [4.69, 9.17) is 4.74 Å². The Balaban J connectivity index is 1.38. The van der Waals surface area contributed by atoms with E-state index in [2.05, 4.69) is 34.1 Å². The lowest BCUT2D eigenvalue weighted by Crippen LogP contribution is -2.57. The number of benzene rings is 1. The van der Waals surface area contributed by atoms with Crippen molar-refractivity contribution in [3.8, 4) is 0 Å². The molecule has 2 heterocycles. The van der Waals surface area contributed by atoms with E-state index in [1.54, 1.807) is 7.11 Å². The van der Waals surface area contributed by atoms with Gasteiger partial charge in [0.05, 0.1) is 0 Å². The van der Waals surface area contributed by atoms with Crippen molar-refractivity contribution >= 4 is 5.91 Å². The second kappa shape index (κ2) is 7.46. The molecule has 3 aliphatic rings. The molecule has 0 radical (unpaired) electrons. The number of fused-ring (bicyclic) bond motifs is 2. The molecule has 1 aliphatic carbocycles. The summed E-state index contributed by atoms with van der Waals surface area (Å²) in [6, 6.07) is 10.0. The molecule has 2 atom stereocenters. The van der Waals surface area contributed by atoms with Gasteiger partial charge in [-0.15, -0.1) is 0 Å². The van der Waals surface area contributed by atoms with Gasteiger partial charge in [-0.1, -0.05) is 24.3 Å². The first kappa shape index (κ1) is 17.0. The average molecular weight is 342 g/mol. The number of carbonyl (C=O) groups is 1. The molecule has 0 N–H and O–H groups in total. The zero-order valence-electron chi connectivity index (χ0n) is 15.3. The minimum absolute atomic E-state index is 0.360. The maximum atomic E-state index is 12.4. The Morgan fingerprint density at radius 1 is 1.16 bits per heavy atom. The van der Waals surface area contributed by atoms with Crippen LogP contribution in [0, 0.1) is 5.92 Å². The predicted octanol–water partition coefficient (Wildman–Crippen LogP) is 2.50. The summed E-state index contributed by atoms with van der Waals surface area (Å²) in [5.41, 5.74) is 3.07. The topological polar surface area (TPSA) is 32.8 Å². The molecule has 4 rings (SSSR count). The number of rotatable bonds is 5. The fourth-order valence-electron chi connectivity index (χ4n) is 5.17. The summed E-state index contributed by atoms with van der Waals surface area (Å²) in [5.74, 6) is 1.01. The van der Waals surface area contributed by atoms with E-state index in [0.717, 1.165) is 51.9 Å². The summed E-state index contributed by atoms with van der Waals surface area (Å²) >= 11 is 0. The van der Waals surface area contributed by atoms with Crippen LogP contribution < -0.4 is 0 Å². The molecule has 0 aromatic heterocycles. The van der Waals surface area contributed by atoms with Gasteiger partial charge in [0.25, 0.3) is 0 Å². The van der Waals surface area contributed by atoms with E-state index < -0.39 is 0 Å². The molecule has 2 aliphatic heterocycles. The minimum atomic E-state index is 0.360. The molecule has 4 heteroatoms. The van der Waals surface area contributed by atoms with Crippen molar-refractivity contribution < 1.29 is 9.53 Å². The molecular formula is C21H30N2O2. The van der Waals surface area contributed by atoms with E-state index >= 15 is 0 Å². The number of nitrogens with zero attached hydrogens (tertiary/aromatic N) is 2. The molecule has 25 heavy (non-hydrogen) atoms. The molecule has 2 saturated heterocycles. The van der Waals surface area contributed by atoms with Crippen LogP contribution in [0.2, 0.25) is 0 Å². The average Bonchev–Trinajstić information content (AvgIpc) is 3.07. The smallest absolute Gasteiger partial charge is 0.222 e. The maximum Gasteiger partial charge on any atom is 0.222 e. The van der Waals surface area contributed by atoms with Gasteiger partial charge in [0, 0.05) is 51.9 Å². The number of piperidine rings is 2. The highest BCUT2D eigenvalue weighted by atomic mass is 16.5. The van der Waals surface area contributed by atoms with Crippen LogP contribution in [-0.4, -0.2) is 61.1 Å². The number of likely N-dealkylation sites (tertiary alicyclic amines) is 2. The Morgan fingerprint density at radius 3 is 2.64 bits per heavy atom. The number of carbonyl (C=O) groups excluding carboxylic acids is 1. The van der Waals surface area contributed by atoms with Crippen molar-refractivity contribution in [2.45, 2.75) is 50.6 Å². The summed E-state index contributed by atoms with van der Waals surface area (Å²) in [5, 5.41) is 0. The molecule has 0 saturated carbocycles. The van der Waals surface area contributed by atoms with Gasteiger partial charge in [0.15, 0.2) is 0 Å². The van der Waals surface area contributed by atoms with Crippen LogP contribution in [0.5, 0.6) is 0 Å². The molecule has 0 unspecified atom stereocenters. The van der Waals surface area contributed by atoms with Crippen LogP contribution in [0.3, 0.4) is 0 Å². The lowest BCUT2D eigenvalue weighted by molar-refractivity contribution is -0.141. The first-order valence-corrected chi connectivity index (χ1v) is 9.85. The first-order valence-electron chi connectivity index (χ1n) is 9.85. The highest BCUT2D eigenvalue weighted by Crippen LogP contribution is 2.34. The summed E-state index contributed by atoms with van der Waals surface area (Å²) in [6.07, 6.45) is 6.28. The van der Waals surface area contributed by atoms with E-state index in [1.807, 2.05) is 0 Å². The first-order chi connectivity index (χ1) is 12.3. The van der Waals surface area contributed by atoms with Crippen molar-refractivity contribution in [2.75, 3.05) is 33.4 Å². The van der Waals surface area contributed by atoms with E-state index in [0.29, 0.717) is 23.9 Å². The van der Waals surface area contributed by atoms with Crippen LogP contribution in [0.4, 0.5) is 0 Å². The summed E-state index contributed by atoms with van der Waals surface area (Å²) in [7, 11) is 1.74. The molecule has 1 amide bonds. The van der Waals surface area contributed by atoms with Crippen molar-refractivity contribution in [3.63, 3.8) is 0 Å². The Kier molecular flexibility index (Phi) is 5.09. The van der Waals surface area contributed by atoms with Crippen molar-refractivity contribution in [1.82, 2.24) is 9.80 Å². The van der Waals surface area contributed by atoms with Crippen LogP contribution in [0.25, 0.3) is 0 Å². The largest absolute Gasteiger partial charge is 0.385 e. The van der Waals surface area contributed by atoms with Crippen LogP contribution in [0.1, 0.15) is 36.8 Å².